The maximum atomic E-state index is 13.7. The maximum Gasteiger partial charge on any atom is 0.303 e. The molecular weight excluding hydrogens is 416 g/mol. The summed E-state index contributed by atoms with van der Waals surface area (Å²) in [6, 6.07) is -0.480. The van der Waals surface area contributed by atoms with Gasteiger partial charge in [-0.1, -0.05) is 6.08 Å². The highest BCUT2D eigenvalue weighted by Crippen LogP contribution is 2.52. The number of hydrogen-bond acceptors (Lipinski definition) is 6. The molecule has 0 saturated heterocycles. The van der Waals surface area contributed by atoms with Crippen molar-refractivity contribution in [1.29, 1.82) is 0 Å². The largest absolute Gasteiger partial charge is 0.474 e. The second-order valence-corrected chi connectivity index (χ2v) is 10.7. The molecule has 30 heavy (non-hydrogen) atoms. The van der Waals surface area contributed by atoms with Crippen molar-refractivity contribution in [2.75, 3.05) is 6.26 Å². The highest BCUT2D eigenvalue weighted by Gasteiger charge is 2.47. The van der Waals surface area contributed by atoms with Crippen LogP contribution in [-0.4, -0.2) is 42.7 Å². The predicted molar refractivity (Wildman–Crippen MR) is 105 cm³/mol. The number of halogens is 2. The van der Waals surface area contributed by atoms with E-state index in [1.807, 2.05) is 0 Å². The molecule has 7 nitrogen and oxygen atoms in total. The number of aromatic nitrogens is 2. The fraction of sp³-hybridized carbons (Fsp3) is 0.650. The van der Waals surface area contributed by atoms with Gasteiger partial charge in [0.1, 0.15) is 11.7 Å². The summed E-state index contributed by atoms with van der Waals surface area (Å²) in [5.41, 5.74) is -0.0259. The third-order valence-corrected chi connectivity index (χ3v) is 6.48. The number of nitrogens with one attached hydrogen (secondary N) is 1. The molecule has 0 aliphatic heterocycles. The Kier molecular flexibility index (Phi) is 5.32. The SMILES string of the molecule is CC(F)(F)c1ncc(C(=O)N[C@H](/C=C/S(C)(=O)=O)C2CC2)c(OC2C[C@@H]3C[C@@H]3C2)n1. The van der Waals surface area contributed by atoms with Crippen LogP contribution in [0.3, 0.4) is 0 Å². The standard InChI is InChI=1S/C20H25F2N3O4S/c1-20(21,22)19-23-10-15(18(25-19)29-14-8-12-7-13(12)9-14)17(26)24-16(11-3-4-11)5-6-30(2,27)28/h5-6,10-14,16H,3-4,7-9H2,1-2H3,(H,24,26)/b6-5+/t12-,13+,14?,16-/m1/s1. The van der Waals surface area contributed by atoms with Crippen LogP contribution in [0, 0.1) is 17.8 Å². The van der Waals surface area contributed by atoms with Gasteiger partial charge in [0.15, 0.2) is 9.84 Å². The smallest absolute Gasteiger partial charge is 0.303 e. The van der Waals surface area contributed by atoms with Crippen molar-refractivity contribution >= 4 is 15.7 Å². The summed E-state index contributed by atoms with van der Waals surface area (Å²) in [7, 11) is -3.34. The zero-order valence-electron chi connectivity index (χ0n) is 16.8. The Hall–Kier alpha value is -2.10. The quantitative estimate of drug-likeness (QED) is 0.666. The fourth-order valence-electron chi connectivity index (χ4n) is 3.97. The molecule has 3 aliphatic carbocycles. The van der Waals surface area contributed by atoms with Gasteiger partial charge in [0.05, 0.1) is 6.04 Å². The summed E-state index contributed by atoms with van der Waals surface area (Å²) in [4.78, 5) is 20.4. The first kappa shape index (κ1) is 21.1. The number of fused-ring (bicyclic) bond motifs is 1. The van der Waals surface area contributed by atoms with E-state index >= 15 is 0 Å². The third kappa shape index (κ3) is 5.14. The molecule has 0 radical (unpaired) electrons. The molecule has 4 rings (SSSR count). The van der Waals surface area contributed by atoms with Crippen molar-refractivity contribution in [3.05, 3.63) is 29.1 Å². The topological polar surface area (TPSA) is 98.2 Å². The van der Waals surface area contributed by atoms with E-state index in [4.69, 9.17) is 4.74 Å². The summed E-state index contributed by atoms with van der Waals surface area (Å²) in [5, 5.41) is 3.84. The summed E-state index contributed by atoms with van der Waals surface area (Å²) in [6.07, 6.45) is 7.99. The molecule has 164 valence electrons. The zero-order valence-corrected chi connectivity index (χ0v) is 17.7. The number of carbonyl (C=O) groups is 1. The summed E-state index contributed by atoms with van der Waals surface area (Å²) < 4.78 is 56.2. The van der Waals surface area contributed by atoms with Crippen LogP contribution in [0.25, 0.3) is 0 Å². The number of sulfone groups is 1. The van der Waals surface area contributed by atoms with Crippen LogP contribution in [0.4, 0.5) is 8.78 Å². The van der Waals surface area contributed by atoms with E-state index in [2.05, 4.69) is 15.3 Å². The zero-order chi connectivity index (χ0) is 21.7. The highest BCUT2D eigenvalue weighted by molar-refractivity contribution is 7.93. The first-order valence-corrected chi connectivity index (χ1v) is 12.1. The molecule has 0 bridgehead atoms. The van der Waals surface area contributed by atoms with Gasteiger partial charge in [0.2, 0.25) is 11.7 Å². The predicted octanol–water partition coefficient (Wildman–Crippen LogP) is 2.83. The van der Waals surface area contributed by atoms with Crippen molar-refractivity contribution in [2.45, 2.75) is 57.1 Å². The Labute approximate surface area is 174 Å². The van der Waals surface area contributed by atoms with Gasteiger partial charge in [-0.25, -0.2) is 13.4 Å². The van der Waals surface area contributed by atoms with Crippen LogP contribution in [-0.2, 0) is 15.8 Å². The number of carbonyl (C=O) groups excluding carboxylic acids is 1. The van der Waals surface area contributed by atoms with E-state index in [0.717, 1.165) is 43.5 Å². The first-order valence-electron chi connectivity index (χ1n) is 10.1. The number of nitrogens with zero attached hydrogens (tertiary/aromatic N) is 2. The van der Waals surface area contributed by atoms with Gasteiger partial charge in [-0.15, -0.1) is 0 Å². The van der Waals surface area contributed by atoms with E-state index in [0.29, 0.717) is 18.8 Å². The Balaban J connectivity index is 1.56. The third-order valence-electron chi connectivity index (χ3n) is 5.83. The lowest BCUT2D eigenvalue weighted by Crippen LogP contribution is -2.36. The summed E-state index contributed by atoms with van der Waals surface area (Å²) in [5.74, 6) is -3.32. The van der Waals surface area contributed by atoms with Crippen molar-refractivity contribution in [3.63, 3.8) is 0 Å². The molecule has 1 unspecified atom stereocenters. The van der Waals surface area contributed by atoms with E-state index in [1.54, 1.807) is 0 Å². The monoisotopic (exact) mass is 441 g/mol. The molecule has 10 heteroatoms. The number of amides is 1. The number of ether oxygens (including phenoxy) is 1. The molecule has 3 aliphatic rings. The molecule has 1 aromatic rings. The van der Waals surface area contributed by atoms with Crippen molar-refractivity contribution < 1.29 is 26.7 Å². The van der Waals surface area contributed by atoms with E-state index in [1.165, 1.54) is 12.5 Å². The van der Waals surface area contributed by atoms with Gasteiger partial charge in [-0.05, 0) is 49.9 Å². The Morgan fingerprint density at radius 3 is 2.53 bits per heavy atom. The van der Waals surface area contributed by atoms with Gasteiger partial charge in [-0.2, -0.15) is 13.8 Å². The minimum atomic E-state index is -3.34. The van der Waals surface area contributed by atoms with Gasteiger partial charge in [0, 0.05) is 24.8 Å². The lowest BCUT2D eigenvalue weighted by molar-refractivity contribution is 0.00642. The lowest BCUT2D eigenvalue weighted by Gasteiger charge is -2.20. The van der Waals surface area contributed by atoms with E-state index < -0.39 is 33.5 Å². The van der Waals surface area contributed by atoms with E-state index in [9.17, 15) is 22.0 Å². The van der Waals surface area contributed by atoms with E-state index in [-0.39, 0.29) is 23.5 Å². The molecule has 0 aromatic carbocycles. The average molecular weight is 442 g/mol. The molecule has 3 fully saturated rings. The Morgan fingerprint density at radius 2 is 1.97 bits per heavy atom. The molecule has 1 aromatic heterocycles. The minimum Gasteiger partial charge on any atom is -0.474 e. The molecule has 1 N–H and O–H groups in total. The lowest BCUT2D eigenvalue weighted by atomic mass is 10.1. The van der Waals surface area contributed by atoms with Crippen LogP contribution in [0.5, 0.6) is 5.88 Å². The Bertz CT molecular complexity index is 963. The molecule has 0 spiro atoms. The van der Waals surface area contributed by atoms with Crippen molar-refractivity contribution in [1.82, 2.24) is 15.3 Å². The number of alkyl halides is 2. The van der Waals surface area contributed by atoms with Crippen LogP contribution in [0.2, 0.25) is 0 Å². The van der Waals surface area contributed by atoms with Crippen LogP contribution in [0.1, 0.15) is 55.2 Å². The molecule has 1 heterocycles. The maximum absolute atomic E-state index is 13.7. The average Bonchev–Trinajstić information content (AvgIpc) is 3.56. The van der Waals surface area contributed by atoms with Gasteiger partial charge in [0.25, 0.3) is 5.91 Å². The van der Waals surface area contributed by atoms with Crippen LogP contribution < -0.4 is 10.1 Å². The summed E-state index contributed by atoms with van der Waals surface area (Å²) in [6.45, 7) is 0.690. The normalized spacial score (nSPS) is 27.0. The van der Waals surface area contributed by atoms with Crippen LogP contribution in [0.15, 0.2) is 17.7 Å². The molecule has 4 atom stereocenters. The fourth-order valence-corrected chi connectivity index (χ4v) is 4.43. The molecule has 3 saturated carbocycles. The van der Waals surface area contributed by atoms with Crippen molar-refractivity contribution in [2.24, 2.45) is 17.8 Å². The second kappa shape index (κ2) is 7.55. The number of rotatable bonds is 8. The molecule has 1 amide bonds. The minimum absolute atomic E-state index is 0.0259. The van der Waals surface area contributed by atoms with Crippen LogP contribution >= 0.6 is 0 Å². The van der Waals surface area contributed by atoms with Crippen molar-refractivity contribution in [3.8, 4) is 5.88 Å². The van der Waals surface area contributed by atoms with Gasteiger partial charge < -0.3 is 10.1 Å². The van der Waals surface area contributed by atoms with Gasteiger partial charge >= 0.3 is 5.92 Å². The van der Waals surface area contributed by atoms with Gasteiger partial charge in [-0.3, -0.25) is 4.79 Å². The molecular formula is C20H25F2N3O4S. The second-order valence-electron chi connectivity index (χ2n) is 8.76. The summed E-state index contributed by atoms with van der Waals surface area (Å²) >= 11 is 0. The first-order chi connectivity index (χ1) is 14.0. The highest BCUT2D eigenvalue weighted by atomic mass is 32.2. The number of hydrogen-bond donors (Lipinski definition) is 1. The Morgan fingerprint density at radius 1 is 1.30 bits per heavy atom.